The van der Waals surface area contributed by atoms with E-state index in [1.54, 1.807) is 25.4 Å². The summed E-state index contributed by atoms with van der Waals surface area (Å²) in [4.78, 5) is 42.0. The van der Waals surface area contributed by atoms with Gasteiger partial charge in [0.05, 0.1) is 31.3 Å². The number of fused-ring (bicyclic) bond motifs is 1. The molecule has 3 unspecified atom stereocenters. The van der Waals surface area contributed by atoms with Gasteiger partial charge in [-0.05, 0) is 31.0 Å². The Morgan fingerprint density at radius 1 is 1.15 bits per heavy atom. The number of hydroxylamine groups is 1. The van der Waals surface area contributed by atoms with Crippen LogP contribution in [0.2, 0.25) is 0 Å². The topological polar surface area (TPSA) is 158 Å². The predicted molar refractivity (Wildman–Crippen MR) is 150 cm³/mol. The smallest absolute Gasteiger partial charge is 0.382 e. The standard InChI is InChI=1S/C27H30N7O5P/c1-19(34(22-10-6-3-7-11-22)38-15-20-8-4-2-5-9-20)27(35)32-40(36,37)39-16-21-12-13-23(14-21)33-18-31-24-25(28)29-17-30-26(24)33/h2-13,17-19,21,23H,14-16H2,1H3,(H2,28,29,30)(H2,32,35,36,37)/t19-,21?,23?/m0/s1. The Morgan fingerprint density at radius 3 is 2.62 bits per heavy atom. The quantitative estimate of drug-likeness (QED) is 0.139. The molecule has 1 amide bonds. The average Bonchev–Trinajstić information content (AvgIpc) is 3.61. The number of nitrogen functional groups attached to an aromatic ring is 1. The number of carbonyl (C=O) groups excluding carboxylic acids is 1. The van der Waals surface area contributed by atoms with E-state index in [4.69, 9.17) is 15.1 Å². The molecule has 4 atom stereocenters. The number of carbonyl (C=O) groups is 1. The summed E-state index contributed by atoms with van der Waals surface area (Å²) >= 11 is 0. The lowest BCUT2D eigenvalue weighted by Crippen LogP contribution is -2.44. The van der Waals surface area contributed by atoms with Crippen molar-refractivity contribution in [3.05, 3.63) is 91.0 Å². The maximum Gasteiger partial charge on any atom is 0.432 e. The molecule has 0 radical (unpaired) electrons. The van der Waals surface area contributed by atoms with Crippen molar-refractivity contribution in [1.82, 2.24) is 24.6 Å². The lowest BCUT2D eigenvalue weighted by molar-refractivity contribution is -0.122. The first-order valence-electron chi connectivity index (χ1n) is 12.7. The fourth-order valence-electron chi connectivity index (χ4n) is 4.47. The number of para-hydroxylation sites is 1. The number of hydrogen-bond donors (Lipinski definition) is 3. The van der Waals surface area contributed by atoms with Crippen molar-refractivity contribution in [2.75, 3.05) is 17.4 Å². The molecule has 0 saturated heterocycles. The van der Waals surface area contributed by atoms with Crippen LogP contribution in [0.5, 0.6) is 0 Å². The summed E-state index contributed by atoms with van der Waals surface area (Å²) in [5.41, 5.74) is 8.54. The third-order valence-electron chi connectivity index (χ3n) is 6.56. The number of benzene rings is 2. The fourth-order valence-corrected chi connectivity index (χ4v) is 5.39. The number of aromatic nitrogens is 4. The largest absolute Gasteiger partial charge is 0.432 e. The molecule has 40 heavy (non-hydrogen) atoms. The van der Waals surface area contributed by atoms with E-state index in [1.807, 2.05) is 65.3 Å². The first-order chi connectivity index (χ1) is 19.3. The Labute approximate surface area is 231 Å². The molecule has 0 fully saturated rings. The molecule has 5 rings (SSSR count). The molecule has 0 spiro atoms. The van der Waals surface area contributed by atoms with Crippen LogP contribution in [0.25, 0.3) is 11.2 Å². The number of imidazole rings is 1. The van der Waals surface area contributed by atoms with Crippen molar-refractivity contribution in [3.8, 4) is 0 Å². The maximum atomic E-state index is 13.0. The molecule has 0 saturated carbocycles. The van der Waals surface area contributed by atoms with Gasteiger partial charge in [0.2, 0.25) is 0 Å². The van der Waals surface area contributed by atoms with E-state index in [9.17, 15) is 14.3 Å². The van der Waals surface area contributed by atoms with Gasteiger partial charge in [-0.3, -0.25) is 19.2 Å². The number of hydrogen-bond acceptors (Lipinski definition) is 9. The van der Waals surface area contributed by atoms with Gasteiger partial charge >= 0.3 is 7.75 Å². The third-order valence-corrected chi connectivity index (χ3v) is 7.57. The molecule has 0 aliphatic heterocycles. The van der Waals surface area contributed by atoms with Crippen LogP contribution in [0.4, 0.5) is 11.5 Å². The molecule has 1 aliphatic rings. The fraction of sp³-hybridized carbons (Fsp3) is 0.259. The number of nitrogens with one attached hydrogen (secondary N) is 1. The summed E-state index contributed by atoms with van der Waals surface area (Å²) in [5.74, 6) is -0.579. The van der Waals surface area contributed by atoms with E-state index < -0.39 is 19.7 Å². The SMILES string of the molecule is C[C@@H](C(=O)NP(=O)(O)OCC1C=CC(n2cnc3c(N)ncnc32)C1)N(OCc1ccccc1)c1ccccc1. The van der Waals surface area contributed by atoms with E-state index in [0.717, 1.165) is 5.56 Å². The van der Waals surface area contributed by atoms with Crippen LogP contribution in [0.15, 0.2) is 85.5 Å². The second-order valence-corrected chi connectivity index (χ2v) is 10.9. The van der Waals surface area contributed by atoms with Crippen LogP contribution in [0.3, 0.4) is 0 Å². The second kappa shape index (κ2) is 12.0. The van der Waals surface area contributed by atoms with Crippen molar-refractivity contribution in [3.63, 3.8) is 0 Å². The van der Waals surface area contributed by atoms with Crippen LogP contribution in [0, 0.1) is 5.92 Å². The monoisotopic (exact) mass is 563 g/mol. The lowest BCUT2D eigenvalue weighted by Gasteiger charge is -2.30. The number of allylic oxidation sites excluding steroid dienone is 1. The Morgan fingerprint density at radius 2 is 1.88 bits per heavy atom. The Balaban J connectivity index is 1.18. The van der Waals surface area contributed by atoms with Gasteiger partial charge < -0.3 is 15.2 Å². The predicted octanol–water partition coefficient (Wildman–Crippen LogP) is 3.79. The highest BCUT2D eigenvalue weighted by atomic mass is 31.2. The third kappa shape index (κ3) is 6.37. The molecule has 4 N–H and O–H groups in total. The van der Waals surface area contributed by atoms with Gasteiger partial charge in [0.25, 0.3) is 5.91 Å². The number of amides is 1. The first-order valence-corrected chi connectivity index (χ1v) is 14.3. The molecule has 0 bridgehead atoms. The van der Waals surface area contributed by atoms with Crippen molar-refractivity contribution >= 4 is 36.3 Å². The Bertz CT molecular complexity index is 1530. The second-order valence-electron chi connectivity index (χ2n) is 9.42. The molecule has 4 aromatic rings. The molecule has 2 aromatic carbocycles. The molecular formula is C27H30N7O5P. The van der Waals surface area contributed by atoms with Gasteiger partial charge in [-0.2, -0.15) is 0 Å². The van der Waals surface area contributed by atoms with Gasteiger partial charge in [0, 0.05) is 5.92 Å². The lowest BCUT2D eigenvalue weighted by atomic mass is 10.1. The summed E-state index contributed by atoms with van der Waals surface area (Å²) in [7, 11) is -4.46. The first kappa shape index (κ1) is 27.5. The maximum absolute atomic E-state index is 13.0. The van der Waals surface area contributed by atoms with Crippen molar-refractivity contribution in [1.29, 1.82) is 0 Å². The highest BCUT2D eigenvalue weighted by Gasteiger charge is 2.32. The normalized spacial score (nSPS) is 18.9. The van der Waals surface area contributed by atoms with Gasteiger partial charge in [0.1, 0.15) is 17.9 Å². The summed E-state index contributed by atoms with van der Waals surface area (Å²) in [6, 6.07) is 17.5. The Kier molecular flexibility index (Phi) is 8.22. The molecule has 13 heteroatoms. The van der Waals surface area contributed by atoms with E-state index in [2.05, 4.69) is 20.0 Å². The number of rotatable bonds is 11. The molecule has 2 heterocycles. The van der Waals surface area contributed by atoms with Gasteiger partial charge in [-0.15, -0.1) is 0 Å². The minimum Gasteiger partial charge on any atom is -0.382 e. The number of nitrogens with zero attached hydrogens (tertiary/aromatic N) is 5. The summed E-state index contributed by atoms with van der Waals surface area (Å²) in [6.07, 6.45) is 7.48. The van der Waals surface area contributed by atoms with E-state index in [0.29, 0.717) is 29.1 Å². The van der Waals surface area contributed by atoms with Crippen molar-refractivity contribution in [2.24, 2.45) is 5.92 Å². The van der Waals surface area contributed by atoms with Gasteiger partial charge in [-0.25, -0.2) is 24.6 Å². The summed E-state index contributed by atoms with van der Waals surface area (Å²) in [6.45, 7) is 1.73. The van der Waals surface area contributed by atoms with Crippen molar-refractivity contribution in [2.45, 2.75) is 32.0 Å². The van der Waals surface area contributed by atoms with Gasteiger partial charge in [0.15, 0.2) is 11.5 Å². The molecule has 1 aliphatic carbocycles. The minimum absolute atomic E-state index is 0.0634. The Hall–Kier alpha value is -4.09. The van der Waals surface area contributed by atoms with Crippen LogP contribution >= 0.6 is 7.75 Å². The number of nitrogens with two attached hydrogens (primary N) is 1. The zero-order valence-corrected chi connectivity index (χ0v) is 22.7. The highest BCUT2D eigenvalue weighted by Crippen LogP contribution is 2.40. The zero-order chi connectivity index (χ0) is 28.1. The molecule has 2 aromatic heterocycles. The highest BCUT2D eigenvalue weighted by molar-refractivity contribution is 7.51. The van der Waals surface area contributed by atoms with Gasteiger partial charge in [-0.1, -0.05) is 60.7 Å². The van der Waals surface area contributed by atoms with Crippen LogP contribution in [-0.2, 0) is 25.3 Å². The molecule has 12 nitrogen and oxygen atoms in total. The summed E-state index contributed by atoms with van der Waals surface area (Å²) in [5, 5.41) is 3.57. The summed E-state index contributed by atoms with van der Waals surface area (Å²) < 4.78 is 20.0. The zero-order valence-electron chi connectivity index (χ0n) is 21.8. The van der Waals surface area contributed by atoms with E-state index >= 15 is 0 Å². The van der Waals surface area contributed by atoms with Crippen LogP contribution < -0.4 is 15.9 Å². The molecular weight excluding hydrogens is 533 g/mol. The van der Waals surface area contributed by atoms with Crippen molar-refractivity contribution < 1.29 is 23.6 Å². The van der Waals surface area contributed by atoms with E-state index in [-0.39, 0.29) is 25.2 Å². The van der Waals surface area contributed by atoms with Crippen LogP contribution in [-0.4, -0.2) is 43.0 Å². The number of anilines is 2. The molecule has 208 valence electrons. The average molecular weight is 564 g/mol. The van der Waals surface area contributed by atoms with Crippen LogP contribution in [0.1, 0.15) is 24.9 Å². The minimum atomic E-state index is -4.46. The van der Waals surface area contributed by atoms with E-state index in [1.165, 1.54) is 11.4 Å².